The van der Waals surface area contributed by atoms with Crippen molar-refractivity contribution in [1.82, 2.24) is 25.1 Å². The summed E-state index contributed by atoms with van der Waals surface area (Å²) < 4.78 is 0. The van der Waals surface area contributed by atoms with Crippen LogP contribution in [0.4, 0.5) is 5.82 Å². The molecule has 0 bridgehead atoms. The molecule has 3 aliphatic rings. The molecule has 6 heteroatoms. The molecule has 0 amide bonds. The first-order valence-electron chi connectivity index (χ1n) is 11.3. The molecule has 154 valence electrons. The zero-order chi connectivity index (χ0) is 19.7. The number of piperidine rings is 2. The van der Waals surface area contributed by atoms with Crippen molar-refractivity contribution < 1.29 is 0 Å². The summed E-state index contributed by atoms with van der Waals surface area (Å²) in [7, 11) is 0. The number of hydrogen-bond donors (Lipinski definition) is 0. The summed E-state index contributed by atoms with van der Waals surface area (Å²) >= 11 is 0. The molecule has 1 aliphatic carbocycles. The maximum absolute atomic E-state index is 4.48. The first-order chi connectivity index (χ1) is 14.2. The van der Waals surface area contributed by atoms with Gasteiger partial charge in [-0.1, -0.05) is 13.3 Å². The van der Waals surface area contributed by atoms with Gasteiger partial charge < -0.3 is 9.80 Å². The van der Waals surface area contributed by atoms with Crippen LogP contribution in [-0.2, 0) is 0 Å². The Morgan fingerprint density at radius 3 is 2.31 bits per heavy atom. The van der Waals surface area contributed by atoms with E-state index in [-0.39, 0.29) is 0 Å². The Morgan fingerprint density at radius 1 is 0.897 bits per heavy atom. The van der Waals surface area contributed by atoms with E-state index in [9.17, 15) is 0 Å². The first kappa shape index (κ1) is 18.9. The van der Waals surface area contributed by atoms with Gasteiger partial charge in [0.25, 0.3) is 0 Å². The molecule has 6 nitrogen and oxygen atoms in total. The number of hydrogen-bond acceptors (Lipinski definition) is 6. The minimum atomic E-state index is 0.557. The fourth-order valence-corrected chi connectivity index (χ4v) is 5.77. The van der Waals surface area contributed by atoms with Crippen LogP contribution in [0.2, 0.25) is 0 Å². The van der Waals surface area contributed by atoms with Crippen LogP contribution in [0.5, 0.6) is 0 Å². The van der Waals surface area contributed by atoms with Gasteiger partial charge in [0.05, 0.1) is 6.20 Å². The maximum atomic E-state index is 4.48. The van der Waals surface area contributed by atoms with Crippen molar-refractivity contribution in [2.45, 2.75) is 57.9 Å². The van der Waals surface area contributed by atoms with E-state index in [2.05, 4.69) is 43.0 Å². The highest BCUT2D eigenvalue weighted by atomic mass is 15.3. The molecule has 2 aromatic rings. The van der Waals surface area contributed by atoms with Crippen LogP contribution in [0, 0.1) is 11.3 Å². The molecular formula is C23H32N6. The second-order valence-corrected chi connectivity index (χ2v) is 9.37. The number of nitrogens with zero attached hydrogens (tertiary/aromatic N) is 6. The number of likely N-dealkylation sites (tertiary alicyclic amines) is 1. The van der Waals surface area contributed by atoms with E-state index in [0.29, 0.717) is 5.41 Å². The van der Waals surface area contributed by atoms with Gasteiger partial charge in [-0.3, -0.25) is 9.97 Å². The SMILES string of the molecule is CC1CCCC1N1CCC2(CCN(c3ccc(-c4cnccn4)nn3)CC2)CC1. The molecule has 1 spiro atoms. The van der Waals surface area contributed by atoms with Crippen molar-refractivity contribution in [3.63, 3.8) is 0 Å². The van der Waals surface area contributed by atoms with Gasteiger partial charge in [0.15, 0.2) is 5.82 Å². The molecule has 5 rings (SSSR count). The Morgan fingerprint density at radius 2 is 1.69 bits per heavy atom. The van der Waals surface area contributed by atoms with Crippen molar-refractivity contribution in [1.29, 1.82) is 0 Å². The summed E-state index contributed by atoms with van der Waals surface area (Å²) in [4.78, 5) is 13.6. The summed E-state index contributed by atoms with van der Waals surface area (Å²) in [6.07, 6.45) is 14.7. The van der Waals surface area contributed by atoms with Crippen molar-refractivity contribution in [3.05, 3.63) is 30.7 Å². The third-order valence-electron chi connectivity index (χ3n) is 7.77. The minimum Gasteiger partial charge on any atom is -0.355 e. The molecule has 2 aliphatic heterocycles. The fraction of sp³-hybridized carbons (Fsp3) is 0.652. The van der Waals surface area contributed by atoms with Crippen LogP contribution in [0.3, 0.4) is 0 Å². The highest BCUT2D eigenvalue weighted by molar-refractivity contribution is 5.53. The molecule has 0 aromatic carbocycles. The summed E-state index contributed by atoms with van der Waals surface area (Å²) in [5, 5.41) is 8.87. The van der Waals surface area contributed by atoms with E-state index in [1.807, 2.05) is 6.07 Å². The number of anilines is 1. The summed E-state index contributed by atoms with van der Waals surface area (Å²) in [5.41, 5.74) is 2.11. The van der Waals surface area contributed by atoms with Crippen LogP contribution in [0.25, 0.3) is 11.4 Å². The summed E-state index contributed by atoms with van der Waals surface area (Å²) in [5.74, 6) is 1.89. The van der Waals surface area contributed by atoms with Gasteiger partial charge in [-0.25, -0.2) is 0 Å². The van der Waals surface area contributed by atoms with E-state index in [0.717, 1.165) is 42.3 Å². The molecule has 1 saturated carbocycles. The normalized spacial score (nSPS) is 27.4. The molecule has 2 atom stereocenters. The van der Waals surface area contributed by atoms with Gasteiger partial charge in [-0.2, -0.15) is 0 Å². The van der Waals surface area contributed by atoms with Gasteiger partial charge in [0.1, 0.15) is 11.4 Å². The quantitative estimate of drug-likeness (QED) is 0.792. The van der Waals surface area contributed by atoms with Crippen molar-refractivity contribution in [2.24, 2.45) is 11.3 Å². The lowest BCUT2D eigenvalue weighted by molar-refractivity contribution is 0.0453. The van der Waals surface area contributed by atoms with Crippen LogP contribution in [0.1, 0.15) is 51.9 Å². The predicted molar refractivity (Wildman–Crippen MR) is 115 cm³/mol. The van der Waals surface area contributed by atoms with Gasteiger partial charge >= 0.3 is 0 Å². The third-order valence-corrected chi connectivity index (χ3v) is 7.77. The Kier molecular flexibility index (Phi) is 5.20. The second-order valence-electron chi connectivity index (χ2n) is 9.37. The lowest BCUT2D eigenvalue weighted by atomic mass is 9.71. The highest BCUT2D eigenvalue weighted by Gasteiger charge is 2.40. The highest BCUT2D eigenvalue weighted by Crippen LogP contribution is 2.43. The zero-order valence-corrected chi connectivity index (χ0v) is 17.5. The molecule has 0 N–H and O–H groups in total. The Hall–Kier alpha value is -2.08. The third kappa shape index (κ3) is 3.87. The molecule has 2 saturated heterocycles. The van der Waals surface area contributed by atoms with Crippen LogP contribution in [-0.4, -0.2) is 57.3 Å². The van der Waals surface area contributed by atoms with Crippen LogP contribution in [0.15, 0.2) is 30.7 Å². The Labute approximate surface area is 173 Å². The molecule has 2 unspecified atom stereocenters. The predicted octanol–water partition coefficient (Wildman–Crippen LogP) is 3.80. The van der Waals surface area contributed by atoms with E-state index >= 15 is 0 Å². The average Bonchev–Trinajstić information content (AvgIpc) is 3.22. The van der Waals surface area contributed by atoms with E-state index < -0.39 is 0 Å². The maximum Gasteiger partial charge on any atom is 0.151 e. The smallest absolute Gasteiger partial charge is 0.151 e. The Balaban J connectivity index is 1.17. The largest absolute Gasteiger partial charge is 0.355 e. The monoisotopic (exact) mass is 392 g/mol. The molecule has 29 heavy (non-hydrogen) atoms. The van der Waals surface area contributed by atoms with Gasteiger partial charge in [-0.05, 0) is 75.1 Å². The topological polar surface area (TPSA) is 58.0 Å². The standard InChI is InChI=1S/C23H32N6/c1-18-3-2-4-21(18)28-13-7-23(8-14-28)9-15-29(16-10-23)22-6-5-19(26-27-22)20-17-24-11-12-25-20/h5-6,11-12,17-18,21H,2-4,7-10,13-16H2,1H3. The van der Waals surface area contributed by atoms with E-state index in [1.54, 1.807) is 18.6 Å². The number of aromatic nitrogens is 4. The Bertz CT molecular complexity index is 790. The minimum absolute atomic E-state index is 0.557. The van der Waals surface area contributed by atoms with E-state index in [1.165, 1.54) is 58.0 Å². The summed E-state index contributed by atoms with van der Waals surface area (Å²) in [6.45, 7) is 7.26. The zero-order valence-electron chi connectivity index (χ0n) is 17.5. The molecule has 0 radical (unpaired) electrons. The molecule has 4 heterocycles. The molecule has 3 fully saturated rings. The lowest BCUT2D eigenvalue weighted by Gasteiger charge is -2.48. The summed E-state index contributed by atoms with van der Waals surface area (Å²) in [6, 6.07) is 4.95. The second kappa shape index (κ2) is 7.98. The van der Waals surface area contributed by atoms with Crippen LogP contribution < -0.4 is 4.90 Å². The average molecular weight is 393 g/mol. The van der Waals surface area contributed by atoms with Crippen molar-refractivity contribution in [3.8, 4) is 11.4 Å². The van der Waals surface area contributed by atoms with Crippen molar-refractivity contribution in [2.75, 3.05) is 31.1 Å². The van der Waals surface area contributed by atoms with Crippen LogP contribution >= 0.6 is 0 Å². The molecule has 2 aromatic heterocycles. The van der Waals surface area contributed by atoms with Gasteiger partial charge in [0, 0.05) is 31.5 Å². The molecular weight excluding hydrogens is 360 g/mol. The van der Waals surface area contributed by atoms with Gasteiger partial charge in [-0.15, -0.1) is 10.2 Å². The van der Waals surface area contributed by atoms with Gasteiger partial charge in [0.2, 0.25) is 0 Å². The number of rotatable bonds is 3. The van der Waals surface area contributed by atoms with Crippen molar-refractivity contribution >= 4 is 5.82 Å². The lowest BCUT2D eigenvalue weighted by Crippen LogP contribution is -2.50. The van der Waals surface area contributed by atoms with E-state index in [4.69, 9.17) is 0 Å². The first-order valence-corrected chi connectivity index (χ1v) is 11.3. The fourth-order valence-electron chi connectivity index (χ4n) is 5.77.